The summed E-state index contributed by atoms with van der Waals surface area (Å²) in [6.45, 7) is 2.36. The lowest BCUT2D eigenvalue weighted by Gasteiger charge is -2.32. The largest absolute Gasteiger partial charge is 1.00 e. The molecule has 2 fully saturated rings. The lowest BCUT2D eigenvalue weighted by molar-refractivity contribution is -0.0000105. The van der Waals surface area contributed by atoms with Crippen LogP contribution in [0.2, 0.25) is 0 Å². The van der Waals surface area contributed by atoms with E-state index in [0.29, 0.717) is 12.5 Å². The molecule has 0 radical (unpaired) electrons. The molecule has 1 heterocycles. The summed E-state index contributed by atoms with van der Waals surface area (Å²) in [6, 6.07) is 3.84. The molecule has 0 bridgehead atoms. The minimum absolute atomic E-state index is 0. The standard InChI is InChI=1S/C20H29F2N3O.ClH/c21-18-7-4-8-19(22)17(18)14-25(13-15-9-11-23-12-10-15)20(26)24-16-5-2-1-3-6-16;/h4,7-8,15-16,23H,1-3,5-6,9-14H2,(H,24,26);1H/p-1. The monoisotopic (exact) mass is 400 g/mol. The Morgan fingerprint density at radius 2 is 1.70 bits per heavy atom. The van der Waals surface area contributed by atoms with Crippen molar-refractivity contribution in [3.8, 4) is 0 Å². The van der Waals surface area contributed by atoms with E-state index in [9.17, 15) is 13.6 Å². The molecule has 0 spiro atoms. The molecule has 4 nitrogen and oxygen atoms in total. The van der Waals surface area contributed by atoms with Gasteiger partial charge in [0.1, 0.15) is 11.6 Å². The lowest BCUT2D eigenvalue weighted by Crippen LogP contribution is -3.00. The quantitative estimate of drug-likeness (QED) is 0.768. The molecule has 0 atom stereocenters. The summed E-state index contributed by atoms with van der Waals surface area (Å²) in [5, 5.41) is 6.41. The molecular weight excluding hydrogens is 372 g/mol. The van der Waals surface area contributed by atoms with Gasteiger partial charge in [0.2, 0.25) is 0 Å². The first-order valence-corrected chi connectivity index (χ1v) is 9.82. The van der Waals surface area contributed by atoms with Crippen LogP contribution in [-0.2, 0) is 6.54 Å². The molecular formula is C20H29ClF2N3O-. The Morgan fingerprint density at radius 1 is 1.07 bits per heavy atom. The van der Waals surface area contributed by atoms with Gasteiger partial charge < -0.3 is 27.9 Å². The van der Waals surface area contributed by atoms with Crippen molar-refractivity contribution in [2.45, 2.75) is 57.5 Å². The predicted octanol–water partition coefficient (Wildman–Crippen LogP) is 0.813. The van der Waals surface area contributed by atoms with E-state index in [4.69, 9.17) is 0 Å². The van der Waals surface area contributed by atoms with Gasteiger partial charge in [-0.1, -0.05) is 25.3 Å². The van der Waals surface area contributed by atoms with Gasteiger partial charge in [0.25, 0.3) is 0 Å². The second-order valence-corrected chi connectivity index (χ2v) is 7.56. The Hall–Kier alpha value is -1.40. The van der Waals surface area contributed by atoms with Crippen LogP contribution < -0.4 is 23.0 Å². The van der Waals surface area contributed by atoms with Crippen molar-refractivity contribution in [1.29, 1.82) is 0 Å². The number of nitrogens with one attached hydrogen (secondary N) is 2. The summed E-state index contributed by atoms with van der Waals surface area (Å²) in [7, 11) is 0. The smallest absolute Gasteiger partial charge is 0.317 e. The molecule has 2 amide bonds. The molecule has 1 aliphatic carbocycles. The van der Waals surface area contributed by atoms with Crippen molar-refractivity contribution in [3.63, 3.8) is 0 Å². The first-order valence-electron chi connectivity index (χ1n) is 9.82. The average Bonchev–Trinajstić information content (AvgIpc) is 2.65. The number of halogens is 3. The minimum atomic E-state index is -0.592. The van der Waals surface area contributed by atoms with Crippen LogP contribution in [0.5, 0.6) is 0 Å². The van der Waals surface area contributed by atoms with Crippen LogP contribution in [0.3, 0.4) is 0 Å². The zero-order valence-electron chi connectivity index (χ0n) is 15.7. The fraction of sp³-hybridized carbons (Fsp3) is 0.650. The number of amides is 2. The maximum absolute atomic E-state index is 14.1. The first-order chi connectivity index (χ1) is 12.6. The number of urea groups is 1. The molecule has 2 N–H and O–H groups in total. The molecule has 1 aromatic rings. The van der Waals surface area contributed by atoms with E-state index in [-0.39, 0.29) is 36.6 Å². The zero-order valence-corrected chi connectivity index (χ0v) is 16.4. The van der Waals surface area contributed by atoms with Gasteiger partial charge in [-0.25, -0.2) is 13.6 Å². The Kier molecular flexibility index (Phi) is 8.77. The van der Waals surface area contributed by atoms with Gasteiger partial charge in [-0.15, -0.1) is 0 Å². The van der Waals surface area contributed by atoms with Crippen molar-refractivity contribution in [3.05, 3.63) is 35.4 Å². The summed E-state index contributed by atoms with van der Waals surface area (Å²) in [6.07, 6.45) is 7.40. The molecule has 2 aliphatic rings. The summed E-state index contributed by atoms with van der Waals surface area (Å²) in [5.74, 6) is -0.820. The molecule has 1 saturated heterocycles. The van der Waals surface area contributed by atoms with Crippen LogP contribution in [0.25, 0.3) is 0 Å². The van der Waals surface area contributed by atoms with E-state index in [1.807, 2.05) is 0 Å². The Labute approximate surface area is 166 Å². The fourth-order valence-corrected chi connectivity index (χ4v) is 3.98. The van der Waals surface area contributed by atoms with Gasteiger partial charge in [-0.05, 0) is 56.8 Å². The lowest BCUT2D eigenvalue weighted by atomic mass is 9.95. The van der Waals surface area contributed by atoms with Crippen LogP contribution in [0.15, 0.2) is 18.2 Å². The van der Waals surface area contributed by atoms with Gasteiger partial charge in [0, 0.05) is 18.2 Å². The minimum Gasteiger partial charge on any atom is -1.00 e. The second kappa shape index (κ2) is 10.8. The number of carbonyl (C=O) groups excluding carboxylic acids is 1. The number of hydrogen-bond acceptors (Lipinski definition) is 2. The van der Waals surface area contributed by atoms with E-state index >= 15 is 0 Å². The van der Waals surface area contributed by atoms with Crippen molar-refractivity contribution >= 4 is 6.03 Å². The SMILES string of the molecule is O=C(NC1CCCCC1)N(Cc1c(F)cccc1F)CC1CCNCC1.[Cl-]. The molecule has 152 valence electrons. The van der Waals surface area contributed by atoms with Crippen molar-refractivity contribution < 1.29 is 26.0 Å². The molecule has 0 aromatic heterocycles. The number of piperidine rings is 1. The third-order valence-electron chi connectivity index (χ3n) is 5.57. The molecule has 1 saturated carbocycles. The molecule has 7 heteroatoms. The summed E-state index contributed by atoms with van der Waals surface area (Å²) in [5.41, 5.74) is -0.0276. The normalized spacial score (nSPS) is 18.6. The highest BCUT2D eigenvalue weighted by molar-refractivity contribution is 5.74. The van der Waals surface area contributed by atoms with Gasteiger partial charge in [-0.2, -0.15) is 0 Å². The fourth-order valence-electron chi connectivity index (χ4n) is 3.98. The Balaban J connectivity index is 0.00000261. The van der Waals surface area contributed by atoms with Crippen LogP contribution in [0, 0.1) is 17.6 Å². The Morgan fingerprint density at radius 3 is 2.33 bits per heavy atom. The molecule has 27 heavy (non-hydrogen) atoms. The summed E-state index contributed by atoms with van der Waals surface area (Å²) < 4.78 is 28.2. The van der Waals surface area contributed by atoms with Crippen LogP contribution in [0.4, 0.5) is 13.6 Å². The van der Waals surface area contributed by atoms with Crippen molar-refractivity contribution in [1.82, 2.24) is 15.5 Å². The number of rotatable bonds is 5. The summed E-state index contributed by atoms with van der Waals surface area (Å²) in [4.78, 5) is 14.5. The van der Waals surface area contributed by atoms with Crippen LogP contribution in [-0.4, -0.2) is 36.6 Å². The highest BCUT2D eigenvalue weighted by Crippen LogP contribution is 2.21. The topological polar surface area (TPSA) is 44.4 Å². The predicted molar refractivity (Wildman–Crippen MR) is 97.8 cm³/mol. The number of benzene rings is 1. The summed E-state index contributed by atoms with van der Waals surface area (Å²) >= 11 is 0. The second-order valence-electron chi connectivity index (χ2n) is 7.56. The van der Waals surface area contributed by atoms with Gasteiger partial charge >= 0.3 is 6.03 Å². The molecule has 1 aromatic carbocycles. The van der Waals surface area contributed by atoms with E-state index in [1.165, 1.54) is 24.6 Å². The average molecular weight is 401 g/mol. The molecule has 1 aliphatic heterocycles. The third kappa shape index (κ3) is 6.32. The van der Waals surface area contributed by atoms with E-state index in [0.717, 1.165) is 51.6 Å². The number of carbonyl (C=O) groups is 1. The van der Waals surface area contributed by atoms with Gasteiger partial charge in [0.15, 0.2) is 0 Å². The van der Waals surface area contributed by atoms with E-state index < -0.39 is 11.6 Å². The van der Waals surface area contributed by atoms with Crippen LogP contribution in [0.1, 0.15) is 50.5 Å². The number of hydrogen-bond donors (Lipinski definition) is 2. The van der Waals surface area contributed by atoms with Gasteiger partial charge in [0.05, 0.1) is 6.54 Å². The van der Waals surface area contributed by atoms with E-state index in [1.54, 1.807) is 4.90 Å². The highest BCUT2D eigenvalue weighted by atomic mass is 35.5. The van der Waals surface area contributed by atoms with Crippen molar-refractivity contribution in [2.24, 2.45) is 5.92 Å². The maximum atomic E-state index is 14.1. The highest BCUT2D eigenvalue weighted by Gasteiger charge is 2.25. The van der Waals surface area contributed by atoms with E-state index in [2.05, 4.69) is 10.6 Å². The molecule has 0 unspecified atom stereocenters. The molecule has 3 rings (SSSR count). The first kappa shape index (κ1) is 21.9. The third-order valence-corrected chi connectivity index (χ3v) is 5.57. The number of nitrogens with zero attached hydrogens (tertiary/aromatic N) is 1. The van der Waals surface area contributed by atoms with Gasteiger partial charge in [-0.3, -0.25) is 0 Å². The Bertz CT molecular complexity index is 585. The van der Waals surface area contributed by atoms with Crippen LogP contribution >= 0.6 is 0 Å². The zero-order chi connectivity index (χ0) is 18.4. The van der Waals surface area contributed by atoms with Crippen molar-refractivity contribution in [2.75, 3.05) is 19.6 Å². The maximum Gasteiger partial charge on any atom is 0.317 e.